The van der Waals surface area contributed by atoms with Gasteiger partial charge in [0.15, 0.2) is 0 Å². The molecule has 0 saturated heterocycles. The molecular weight excluding hydrogens is 198 g/mol. The van der Waals surface area contributed by atoms with E-state index in [1.54, 1.807) is 26.0 Å². The van der Waals surface area contributed by atoms with E-state index in [4.69, 9.17) is 9.57 Å². The van der Waals surface area contributed by atoms with Gasteiger partial charge in [0.25, 0.3) is 0 Å². The number of hydrogen-bond donors (Lipinski definition) is 1. The third-order valence-corrected chi connectivity index (χ3v) is 2.35. The van der Waals surface area contributed by atoms with Crippen LogP contribution in [0.25, 0.3) is 0 Å². The van der Waals surface area contributed by atoms with Gasteiger partial charge in [-0.25, -0.2) is 0 Å². The van der Waals surface area contributed by atoms with Gasteiger partial charge in [0.05, 0.1) is 19.9 Å². The van der Waals surface area contributed by atoms with Crippen molar-refractivity contribution < 1.29 is 9.57 Å². The molecule has 0 unspecified atom stereocenters. The van der Waals surface area contributed by atoms with Crippen molar-refractivity contribution in [2.45, 2.75) is 5.75 Å². The Hall–Kier alpha value is -0.870. The van der Waals surface area contributed by atoms with Gasteiger partial charge in [0.1, 0.15) is 5.75 Å². The lowest BCUT2D eigenvalue weighted by molar-refractivity contribution is 0.270. The fourth-order valence-electron chi connectivity index (χ4n) is 1.21. The van der Waals surface area contributed by atoms with E-state index in [-0.39, 0.29) is 0 Å². The van der Waals surface area contributed by atoms with E-state index in [9.17, 15) is 0 Å². The van der Waals surface area contributed by atoms with Gasteiger partial charge in [-0.15, -0.1) is 0 Å². The summed E-state index contributed by atoms with van der Waals surface area (Å²) in [6.07, 6.45) is 2.07. The second-order valence-corrected chi connectivity index (χ2v) is 3.67. The molecule has 0 fully saturated rings. The zero-order chi connectivity index (χ0) is 10.4. The van der Waals surface area contributed by atoms with Crippen molar-refractivity contribution in [2.75, 3.05) is 26.0 Å². The summed E-state index contributed by atoms with van der Waals surface area (Å²) in [5.41, 5.74) is 4.92. The molecule has 0 radical (unpaired) electrons. The molecule has 0 atom stereocenters. The number of hydrogen-bond acceptors (Lipinski definition) is 4. The Bertz CT molecular complexity index is 267. The molecule has 0 saturated carbocycles. The first-order valence-electron chi connectivity index (χ1n) is 4.26. The van der Waals surface area contributed by atoms with Crippen LogP contribution >= 0.6 is 11.8 Å². The van der Waals surface area contributed by atoms with Crippen LogP contribution in [0.5, 0.6) is 5.75 Å². The third-order valence-electron chi connectivity index (χ3n) is 1.73. The maximum atomic E-state index is 5.18. The topological polar surface area (TPSA) is 30.5 Å². The summed E-state index contributed by atoms with van der Waals surface area (Å²) in [6.45, 7) is 0. The zero-order valence-electron chi connectivity index (χ0n) is 8.66. The molecule has 1 rings (SSSR count). The Balaban J connectivity index is 2.88. The van der Waals surface area contributed by atoms with Crippen LogP contribution in [0.3, 0.4) is 0 Å². The predicted molar refractivity (Wildman–Crippen MR) is 60.8 cm³/mol. The number of benzene rings is 1. The maximum Gasteiger partial charge on any atom is 0.121 e. The molecule has 4 heteroatoms. The molecule has 1 aromatic rings. The van der Waals surface area contributed by atoms with E-state index in [1.165, 1.54) is 5.56 Å². The monoisotopic (exact) mass is 213 g/mol. The van der Waals surface area contributed by atoms with Gasteiger partial charge in [-0.1, -0.05) is 0 Å². The van der Waals surface area contributed by atoms with E-state index in [0.717, 1.165) is 17.2 Å². The summed E-state index contributed by atoms with van der Waals surface area (Å²) in [5.74, 6) is 1.81. The van der Waals surface area contributed by atoms with Crippen molar-refractivity contribution in [1.29, 1.82) is 0 Å². The molecule has 0 aliphatic carbocycles. The third kappa shape index (κ3) is 3.12. The lowest BCUT2D eigenvalue weighted by Crippen LogP contribution is -1.97. The summed E-state index contributed by atoms with van der Waals surface area (Å²) in [4.78, 5) is 4.85. The second-order valence-electron chi connectivity index (χ2n) is 2.81. The predicted octanol–water partition coefficient (Wildman–Crippen LogP) is 2.53. The minimum Gasteiger partial charge on any atom is -0.497 e. The van der Waals surface area contributed by atoms with Crippen molar-refractivity contribution in [3.8, 4) is 5.75 Å². The van der Waals surface area contributed by atoms with Crippen LogP contribution in [0.4, 0.5) is 5.69 Å². The molecule has 0 aliphatic heterocycles. The van der Waals surface area contributed by atoms with Gasteiger partial charge >= 0.3 is 0 Å². The first-order chi connectivity index (χ1) is 6.80. The average Bonchev–Trinajstić information content (AvgIpc) is 2.18. The number of methoxy groups -OCH3 is 1. The van der Waals surface area contributed by atoms with Crippen LogP contribution in [0.1, 0.15) is 5.56 Å². The van der Waals surface area contributed by atoms with Crippen LogP contribution in [0, 0.1) is 0 Å². The molecule has 0 aliphatic rings. The summed E-state index contributed by atoms with van der Waals surface area (Å²) < 4.78 is 5.18. The molecule has 0 bridgehead atoms. The van der Waals surface area contributed by atoms with Crippen LogP contribution in [-0.4, -0.2) is 20.5 Å². The average molecular weight is 213 g/mol. The zero-order valence-corrected chi connectivity index (χ0v) is 9.48. The van der Waals surface area contributed by atoms with Crippen LogP contribution < -0.4 is 10.2 Å². The van der Waals surface area contributed by atoms with Crippen LogP contribution in [0.15, 0.2) is 18.2 Å². The smallest absolute Gasteiger partial charge is 0.121 e. The summed E-state index contributed by atoms with van der Waals surface area (Å²) in [6, 6.07) is 5.97. The van der Waals surface area contributed by atoms with Crippen molar-refractivity contribution in [1.82, 2.24) is 0 Å². The van der Waals surface area contributed by atoms with E-state index < -0.39 is 0 Å². The highest BCUT2D eigenvalue weighted by atomic mass is 32.2. The molecule has 0 heterocycles. The Morgan fingerprint density at radius 2 is 2.07 bits per heavy atom. The molecular formula is C10H15NO2S. The Kier molecular flexibility index (Phi) is 4.62. The van der Waals surface area contributed by atoms with Gasteiger partial charge in [0, 0.05) is 11.8 Å². The molecule has 3 nitrogen and oxygen atoms in total. The largest absolute Gasteiger partial charge is 0.497 e. The van der Waals surface area contributed by atoms with Crippen molar-refractivity contribution in [3.63, 3.8) is 0 Å². The van der Waals surface area contributed by atoms with Crippen LogP contribution in [0.2, 0.25) is 0 Å². The summed E-state index contributed by atoms with van der Waals surface area (Å²) in [7, 11) is 3.25. The number of thioether (sulfide) groups is 1. The second kappa shape index (κ2) is 5.78. The fourth-order valence-corrected chi connectivity index (χ4v) is 1.71. The van der Waals surface area contributed by atoms with Crippen LogP contribution in [-0.2, 0) is 10.6 Å². The van der Waals surface area contributed by atoms with Gasteiger partial charge < -0.3 is 4.74 Å². The standard InChI is InChI=1S/C10H15NO2S/c1-12-10-5-8(7-14-3)4-9(6-10)11-13-2/h4-6,11H,7H2,1-3H3. The van der Waals surface area contributed by atoms with Crippen molar-refractivity contribution >= 4 is 17.4 Å². The number of ether oxygens (including phenoxy) is 1. The maximum absolute atomic E-state index is 5.18. The van der Waals surface area contributed by atoms with Gasteiger partial charge in [-0.05, 0) is 24.0 Å². The Labute approximate surface area is 88.7 Å². The highest BCUT2D eigenvalue weighted by molar-refractivity contribution is 7.97. The minimum atomic E-state index is 0.844. The Morgan fingerprint density at radius 1 is 1.29 bits per heavy atom. The van der Waals surface area contributed by atoms with E-state index in [2.05, 4.69) is 11.7 Å². The highest BCUT2D eigenvalue weighted by Crippen LogP contribution is 2.23. The molecule has 14 heavy (non-hydrogen) atoms. The van der Waals surface area contributed by atoms with E-state index in [1.807, 2.05) is 18.2 Å². The SMILES string of the molecule is CONc1cc(CSC)cc(OC)c1. The van der Waals surface area contributed by atoms with Gasteiger partial charge in [0.2, 0.25) is 0 Å². The number of rotatable bonds is 5. The quantitative estimate of drug-likeness (QED) is 0.761. The first kappa shape index (κ1) is 11.2. The first-order valence-corrected chi connectivity index (χ1v) is 5.65. The number of nitrogens with one attached hydrogen (secondary N) is 1. The Morgan fingerprint density at radius 3 is 2.64 bits per heavy atom. The van der Waals surface area contributed by atoms with Gasteiger partial charge in [-0.2, -0.15) is 11.8 Å². The molecule has 0 amide bonds. The normalized spacial score (nSPS) is 9.93. The molecule has 0 spiro atoms. The molecule has 1 N–H and O–H groups in total. The molecule has 0 aromatic heterocycles. The lowest BCUT2D eigenvalue weighted by Gasteiger charge is -2.08. The van der Waals surface area contributed by atoms with Crippen molar-refractivity contribution in [2.24, 2.45) is 0 Å². The van der Waals surface area contributed by atoms with E-state index in [0.29, 0.717) is 0 Å². The van der Waals surface area contributed by atoms with Gasteiger partial charge in [-0.3, -0.25) is 10.3 Å². The lowest BCUT2D eigenvalue weighted by atomic mass is 10.2. The van der Waals surface area contributed by atoms with Crippen molar-refractivity contribution in [3.05, 3.63) is 23.8 Å². The minimum absolute atomic E-state index is 0.844. The summed E-state index contributed by atoms with van der Waals surface area (Å²) >= 11 is 1.78. The fraction of sp³-hybridized carbons (Fsp3) is 0.400. The van der Waals surface area contributed by atoms with E-state index >= 15 is 0 Å². The molecule has 78 valence electrons. The molecule has 1 aromatic carbocycles. The summed E-state index contributed by atoms with van der Waals surface area (Å²) in [5, 5.41) is 0. The highest BCUT2D eigenvalue weighted by Gasteiger charge is 2.00. The number of anilines is 1.